The molecule has 0 aliphatic rings. The molecule has 0 fully saturated rings. The molecule has 0 amide bonds. The molecule has 80 valence electrons. The number of rotatable bonds is 3. The van der Waals surface area contributed by atoms with Gasteiger partial charge in [0.15, 0.2) is 0 Å². The Balaban J connectivity index is 0.000000921. The van der Waals surface area contributed by atoms with E-state index in [2.05, 4.69) is 58.4 Å². The Bertz CT molecular complexity index is 345. The molecular weight excluding hydrogens is 180 g/mol. The van der Waals surface area contributed by atoms with Crippen LogP contribution in [0.25, 0.3) is 11.6 Å². The molecule has 0 aliphatic heterocycles. The fourth-order valence-electron chi connectivity index (χ4n) is 1.28. The molecule has 0 unspecified atom stereocenters. The van der Waals surface area contributed by atoms with E-state index in [4.69, 9.17) is 0 Å². The second-order valence-electron chi connectivity index (χ2n) is 3.23. The zero-order valence-electron chi connectivity index (χ0n) is 9.84. The Hall–Kier alpha value is -1.56. The monoisotopic (exact) mass is 200 g/mol. The molecule has 0 N–H and O–H groups in total. The third kappa shape index (κ3) is 3.59. The highest BCUT2D eigenvalue weighted by atomic mass is 14.0. The highest BCUT2D eigenvalue weighted by molar-refractivity contribution is 5.67. The standard InChI is InChI=1S/C13H16.C2H4/c1-5-10(3)13-8-7-11(4)12(6-2)9-13;1-2/h6-9H,2-3,5H2,1,4H3;1-2H2. The topological polar surface area (TPSA) is 0 Å². The second-order valence-corrected chi connectivity index (χ2v) is 3.23. The minimum absolute atomic E-state index is 1.000. The Labute approximate surface area is 93.7 Å². The van der Waals surface area contributed by atoms with Gasteiger partial charge >= 0.3 is 0 Å². The number of aryl methyl sites for hydroxylation is 1. The van der Waals surface area contributed by atoms with Gasteiger partial charge in [-0.1, -0.05) is 38.3 Å². The van der Waals surface area contributed by atoms with Gasteiger partial charge < -0.3 is 0 Å². The van der Waals surface area contributed by atoms with Crippen LogP contribution in [0.15, 0.2) is 44.5 Å². The van der Waals surface area contributed by atoms with E-state index in [1.54, 1.807) is 0 Å². The summed E-state index contributed by atoms with van der Waals surface area (Å²) in [6.45, 7) is 18.0. The molecule has 1 aromatic carbocycles. The second kappa shape index (κ2) is 6.83. The first-order chi connectivity index (χ1) is 7.19. The first-order valence-corrected chi connectivity index (χ1v) is 5.10. The molecule has 1 aromatic rings. The Morgan fingerprint density at radius 2 is 1.93 bits per heavy atom. The molecule has 0 bridgehead atoms. The Morgan fingerprint density at radius 3 is 2.40 bits per heavy atom. The van der Waals surface area contributed by atoms with Crippen molar-refractivity contribution in [1.82, 2.24) is 0 Å². The molecule has 0 radical (unpaired) electrons. The summed E-state index contributed by atoms with van der Waals surface area (Å²) in [6, 6.07) is 6.38. The lowest BCUT2D eigenvalue weighted by Crippen LogP contribution is -1.85. The highest BCUT2D eigenvalue weighted by Gasteiger charge is 1.99. The van der Waals surface area contributed by atoms with Crippen LogP contribution >= 0.6 is 0 Å². The Morgan fingerprint density at radius 1 is 1.33 bits per heavy atom. The van der Waals surface area contributed by atoms with E-state index in [0.29, 0.717) is 0 Å². The third-order valence-electron chi connectivity index (χ3n) is 2.33. The van der Waals surface area contributed by atoms with Crippen LogP contribution in [0.1, 0.15) is 30.0 Å². The van der Waals surface area contributed by atoms with Crippen molar-refractivity contribution in [2.24, 2.45) is 0 Å². The average Bonchev–Trinajstić information content (AvgIpc) is 2.31. The third-order valence-corrected chi connectivity index (χ3v) is 2.33. The van der Waals surface area contributed by atoms with Gasteiger partial charge in [0.2, 0.25) is 0 Å². The van der Waals surface area contributed by atoms with Gasteiger partial charge in [0.05, 0.1) is 0 Å². The number of hydrogen-bond donors (Lipinski definition) is 0. The minimum Gasteiger partial charge on any atom is -0.106 e. The van der Waals surface area contributed by atoms with Crippen LogP contribution in [0.3, 0.4) is 0 Å². The molecule has 0 atom stereocenters. The quantitative estimate of drug-likeness (QED) is 0.611. The summed E-state index contributed by atoms with van der Waals surface area (Å²) < 4.78 is 0. The van der Waals surface area contributed by atoms with Crippen molar-refractivity contribution in [3.63, 3.8) is 0 Å². The fraction of sp³-hybridized carbons (Fsp3) is 0.200. The van der Waals surface area contributed by atoms with Crippen molar-refractivity contribution in [3.8, 4) is 0 Å². The van der Waals surface area contributed by atoms with Crippen LogP contribution in [-0.4, -0.2) is 0 Å². The van der Waals surface area contributed by atoms with Gasteiger partial charge in [-0.25, -0.2) is 0 Å². The van der Waals surface area contributed by atoms with Crippen LogP contribution in [0.4, 0.5) is 0 Å². The summed E-state index contributed by atoms with van der Waals surface area (Å²) in [4.78, 5) is 0. The molecule has 0 nitrogen and oxygen atoms in total. The van der Waals surface area contributed by atoms with Crippen LogP contribution in [-0.2, 0) is 0 Å². The van der Waals surface area contributed by atoms with Gasteiger partial charge in [0, 0.05) is 0 Å². The molecule has 0 aliphatic carbocycles. The van der Waals surface area contributed by atoms with Gasteiger partial charge in [0.25, 0.3) is 0 Å². The molecule has 0 saturated carbocycles. The van der Waals surface area contributed by atoms with Gasteiger partial charge in [0.1, 0.15) is 0 Å². The van der Waals surface area contributed by atoms with E-state index >= 15 is 0 Å². The summed E-state index contributed by atoms with van der Waals surface area (Å²) in [5.74, 6) is 0. The zero-order valence-corrected chi connectivity index (χ0v) is 9.84. The average molecular weight is 200 g/mol. The number of benzene rings is 1. The van der Waals surface area contributed by atoms with E-state index < -0.39 is 0 Å². The summed E-state index contributed by atoms with van der Waals surface area (Å²) in [5.41, 5.74) is 4.88. The van der Waals surface area contributed by atoms with Crippen molar-refractivity contribution in [2.45, 2.75) is 20.3 Å². The lowest BCUT2D eigenvalue weighted by Gasteiger charge is -2.06. The van der Waals surface area contributed by atoms with Crippen LogP contribution in [0, 0.1) is 6.92 Å². The number of allylic oxidation sites excluding steroid dienone is 1. The lowest BCUT2D eigenvalue weighted by atomic mass is 9.99. The van der Waals surface area contributed by atoms with Crippen molar-refractivity contribution in [2.75, 3.05) is 0 Å². The van der Waals surface area contributed by atoms with E-state index in [1.807, 2.05) is 6.08 Å². The van der Waals surface area contributed by atoms with Crippen molar-refractivity contribution < 1.29 is 0 Å². The molecule has 0 saturated heterocycles. The van der Waals surface area contributed by atoms with Crippen LogP contribution in [0.2, 0.25) is 0 Å². The highest BCUT2D eigenvalue weighted by Crippen LogP contribution is 2.19. The van der Waals surface area contributed by atoms with E-state index in [1.165, 1.54) is 22.3 Å². The normalized spacial score (nSPS) is 8.67. The van der Waals surface area contributed by atoms with Crippen molar-refractivity contribution in [1.29, 1.82) is 0 Å². The Kier molecular flexibility index (Phi) is 6.12. The molecule has 0 spiro atoms. The summed E-state index contributed by atoms with van der Waals surface area (Å²) in [6.07, 6.45) is 2.89. The smallest absolute Gasteiger partial charge is 0.0224 e. The SMILES string of the molecule is C=C.C=Cc1cc(C(=C)CC)ccc1C. The molecule has 1 rings (SSSR count). The van der Waals surface area contributed by atoms with E-state index in [-0.39, 0.29) is 0 Å². The first kappa shape index (κ1) is 13.4. The van der Waals surface area contributed by atoms with Gasteiger partial charge in [-0.05, 0) is 41.7 Å². The fourth-order valence-corrected chi connectivity index (χ4v) is 1.28. The summed E-state index contributed by atoms with van der Waals surface area (Å²) in [7, 11) is 0. The minimum atomic E-state index is 1.000. The van der Waals surface area contributed by atoms with Gasteiger partial charge in [-0.3, -0.25) is 0 Å². The van der Waals surface area contributed by atoms with Gasteiger partial charge in [-0.2, -0.15) is 0 Å². The first-order valence-electron chi connectivity index (χ1n) is 5.10. The maximum absolute atomic E-state index is 4.01. The molecule has 15 heavy (non-hydrogen) atoms. The molecule has 0 heteroatoms. The van der Waals surface area contributed by atoms with Crippen LogP contribution in [0.5, 0.6) is 0 Å². The predicted octanol–water partition coefficient (Wildman–Crippen LogP) is 4.86. The maximum atomic E-state index is 4.01. The number of hydrogen-bond acceptors (Lipinski definition) is 0. The van der Waals surface area contributed by atoms with E-state index in [9.17, 15) is 0 Å². The summed E-state index contributed by atoms with van der Waals surface area (Å²) in [5, 5.41) is 0. The van der Waals surface area contributed by atoms with E-state index in [0.717, 1.165) is 6.42 Å². The predicted molar refractivity (Wildman–Crippen MR) is 71.8 cm³/mol. The summed E-state index contributed by atoms with van der Waals surface area (Å²) >= 11 is 0. The van der Waals surface area contributed by atoms with Crippen molar-refractivity contribution in [3.05, 3.63) is 61.2 Å². The van der Waals surface area contributed by atoms with Gasteiger partial charge in [-0.15, -0.1) is 13.2 Å². The molecule has 0 aromatic heterocycles. The molecular formula is C15H20. The lowest BCUT2D eigenvalue weighted by molar-refractivity contribution is 1.24. The maximum Gasteiger partial charge on any atom is -0.0224 e. The van der Waals surface area contributed by atoms with Crippen LogP contribution < -0.4 is 0 Å². The molecule has 0 heterocycles. The largest absolute Gasteiger partial charge is 0.106 e. The van der Waals surface area contributed by atoms with Crippen molar-refractivity contribution >= 4 is 11.6 Å². The zero-order chi connectivity index (χ0) is 11.8.